The Bertz CT molecular complexity index is 1720. The second kappa shape index (κ2) is 7.11. The lowest BCUT2D eigenvalue weighted by atomic mass is 10.3. The van der Waals surface area contributed by atoms with Crippen molar-refractivity contribution in [2.45, 2.75) is 0 Å². The van der Waals surface area contributed by atoms with E-state index in [1.165, 1.54) is 18.7 Å². The second-order valence-corrected chi connectivity index (χ2v) is 7.15. The second-order valence-electron chi connectivity index (χ2n) is 7.15. The molecule has 6 heterocycles. The van der Waals surface area contributed by atoms with Gasteiger partial charge in [0.25, 0.3) is 23.4 Å². The predicted molar refractivity (Wildman–Crippen MR) is 112 cm³/mol. The van der Waals surface area contributed by atoms with Crippen LogP contribution in [0.5, 0.6) is 0 Å². The Hall–Kier alpha value is -5.27. The molecule has 0 aliphatic rings. The Morgan fingerprint density at radius 3 is 1.97 bits per heavy atom. The van der Waals surface area contributed by atoms with Gasteiger partial charge in [0.1, 0.15) is 22.9 Å². The summed E-state index contributed by atoms with van der Waals surface area (Å²) >= 11 is 0. The monoisotopic (exact) mass is 471 g/mol. The number of rotatable bonds is 3. The van der Waals surface area contributed by atoms with Gasteiger partial charge in [-0.15, -0.1) is 0 Å². The molecule has 0 bridgehead atoms. The Labute approximate surface area is 190 Å². The van der Waals surface area contributed by atoms with Gasteiger partial charge in [0.15, 0.2) is 22.8 Å². The fourth-order valence-corrected chi connectivity index (χ4v) is 3.34. The summed E-state index contributed by atoms with van der Waals surface area (Å²) in [6.45, 7) is 0. The van der Waals surface area contributed by atoms with E-state index in [1.807, 2.05) is 0 Å². The fourth-order valence-electron chi connectivity index (χ4n) is 3.34. The Morgan fingerprint density at radius 2 is 1.23 bits per heavy atom. The molecule has 7 rings (SSSR count). The Kier molecular flexibility index (Phi) is 3.91. The first-order valence-electron chi connectivity index (χ1n) is 9.90. The first-order chi connectivity index (χ1) is 17.1. The van der Waals surface area contributed by atoms with E-state index in [0.717, 1.165) is 12.1 Å². The summed E-state index contributed by atoms with van der Waals surface area (Å²) in [6.07, 6.45) is 5.85. The van der Waals surface area contributed by atoms with Gasteiger partial charge in [-0.1, -0.05) is 0 Å². The first kappa shape index (κ1) is 19.2. The average Bonchev–Trinajstić information content (AvgIpc) is 3.60. The van der Waals surface area contributed by atoms with Gasteiger partial charge in [-0.2, -0.15) is 19.9 Å². The summed E-state index contributed by atoms with van der Waals surface area (Å²) in [5.41, 5.74) is 1.63. The largest absolute Gasteiger partial charge is 0.433 e. The molecule has 0 radical (unpaired) electrons. The molecule has 168 valence electrons. The zero-order chi connectivity index (χ0) is 23.5. The molecule has 12 nitrogen and oxygen atoms in total. The van der Waals surface area contributed by atoms with Crippen molar-refractivity contribution in [3.63, 3.8) is 0 Å². The molecule has 0 fully saturated rings. The van der Waals surface area contributed by atoms with Gasteiger partial charge in [-0.25, -0.2) is 28.7 Å². The van der Waals surface area contributed by atoms with Gasteiger partial charge >= 0.3 is 0 Å². The van der Waals surface area contributed by atoms with Crippen molar-refractivity contribution in [2.75, 3.05) is 0 Å². The molecule has 35 heavy (non-hydrogen) atoms. The van der Waals surface area contributed by atoms with E-state index in [2.05, 4.69) is 44.9 Å². The SMILES string of the molecule is Fc1cc2nc(-c3nc(-c4nc5cnccc5o4)nc(-c4nc5cncnc5o4)n3)oc2cc1F. The van der Waals surface area contributed by atoms with E-state index in [9.17, 15) is 8.78 Å². The lowest BCUT2D eigenvalue weighted by Crippen LogP contribution is -2.00. The van der Waals surface area contributed by atoms with E-state index < -0.39 is 11.6 Å². The van der Waals surface area contributed by atoms with Crippen LogP contribution in [0.15, 0.2) is 56.4 Å². The van der Waals surface area contributed by atoms with Crippen LogP contribution in [0.4, 0.5) is 8.78 Å². The molecule has 7 aromatic rings. The standard InChI is InChI=1S/C21H7F2N9O3/c22-8-3-10-14(4-9(8)23)34-19(27-10)15-30-16(20-28-11-5-24-2-1-13(11)33-20)32-17(31-15)21-29-12-6-25-7-26-18(12)35-21/h1-7H. The van der Waals surface area contributed by atoms with Crippen LogP contribution in [0.1, 0.15) is 0 Å². The molecule has 0 atom stereocenters. The highest BCUT2D eigenvalue weighted by atomic mass is 19.2. The van der Waals surface area contributed by atoms with Crippen LogP contribution in [0.25, 0.3) is 68.6 Å². The third kappa shape index (κ3) is 3.15. The number of hydrogen-bond acceptors (Lipinski definition) is 12. The minimum atomic E-state index is -1.08. The van der Waals surface area contributed by atoms with Crippen molar-refractivity contribution >= 4 is 33.4 Å². The van der Waals surface area contributed by atoms with Crippen molar-refractivity contribution in [3.05, 3.63) is 54.8 Å². The van der Waals surface area contributed by atoms with E-state index >= 15 is 0 Å². The van der Waals surface area contributed by atoms with E-state index in [1.54, 1.807) is 12.3 Å². The number of fused-ring (bicyclic) bond motifs is 3. The third-order valence-electron chi connectivity index (χ3n) is 4.90. The molecule has 0 saturated heterocycles. The molecular formula is C21H7F2N9O3. The normalized spacial score (nSPS) is 11.7. The number of aromatic nitrogens is 9. The number of halogens is 2. The molecule has 0 N–H and O–H groups in total. The molecule has 0 aliphatic carbocycles. The average molecular weight is 471 g/mol. The van der Waals surface area contributed by atoms with Crippen molar-refractivity contribution in [1.82, 2.24) is 44.9 Å². The number of hydrogen-bond donors (Lipinski definition) is 0. The van der Waals surface area contributed by atoms with Gasteiger partial charge in [-0.3, -0.25) is 4.98 Å². The molecule has 0 saturated carbocycles. The van der Waals surface area contributed by atoms with Gasteiger partial charge in [-0.05, 0) is 0 Å². The summed E-state index contributed by atoms with van der Waals surface area (Å²) < 4.78 is 44.4. The highest BCUT2D eigenvalue weighted by Crippen LogP contribution is 2.29. The maximum atomic E-state index is 13.7. The molecule has 14 heteroatoms. The Morgan fingerprint density at radius 1 is 0.600 bits per heavy atom. The summed E-state index contributed by atoms with van der Waals surface area (Å²) in [5.74, 6) is -2.28. The van der Waals surface area contributed by atoms with Crippen LogP contribution in [0, 0.1) is 11.6 Å². The molecule has 0 aliphatic heterocycles. The number of nitrogens with zero attached hydrogens (tertiary/aromatic N) is 9. The van der Waals surface area contributed by atoms with Crippen molar-refractivity contribution in [1.29, 1.82) is 0 Å². The van der Waals surface area contributed by atoms with E-state index in [4.69, 9.17) is 13.3 Å². The van der Waals surface area contributed by atoms with Crippen molar-refractivity contribution in [3.8, 4) is 35.1 Å². The smallest absolute Gasteiger partial charge is 0.267 e. The molecule has 0 spiro atoms. The number of pyridine rings is 1. The van der Waals surface area contributed by atoms with Crippen molar-refractivity contribution < 1.29 is 22.0 Å². The maximum Gasteiger partial charge on any atom is 0.267 e. The van der Waals surface area contributed by atoms with Crippen LogP contribution in [-0.2, 0) is 0 Å². The molecule has 0 amide bonds. The molecule has 6 aromatic heterocycles. The van der Waals surface area contributed by atoms with Crippen LogP contribution >= 0.6 is 0 Å². The van der Waals surface area contributed by atoms with Crippen molar-refractivity contribution in [2.24, 2.45) is 0 Å². The predicted octanol–water partition coefficient (Wildman–Crippen LogP) is 3.76. The van der Waals surface area contributed by atoms with Crippen LogP contribution < -0.4 is 0 Å². The quantitative estimate of drug-likeness (QED) is 0.368. The zero-order valence-electron chi connectivity index (χ0n) is 17.0. The number of benzene rings is 1. The Balaban J connectivity index is 1.45. The fraction of sp³-hybridized carbons (Fsp3) is 0. The summed E-state index contributed by atoms with van der Waals surface area (Å²) in [4.78, 5) is 37.8. The van der Waals surface area contributed by atoms with E-state index in [0.29, 0.717) is 16.6 Å². The molecular weight excluding hydrogens is 464 g/mol. The number of oxazole rings is 3. The van der Waals surface area contributed by atoms with E-state index in [-0.39, 0.29) is 52.0 Å². The van der Waals surface area contributed by atoms with Crippen LogP contribution in [0.2, 0.25) is 0 Å². The molecule has 1 aromatic carbocycles. The van der Waals surface area contributed by atoms with Gasteiger partial charge in [0, 0.05) is 24.4 Å². The first-order valence-corrected chi connectivity index (χ1v) is 9.90. The highest BCUT2D eigenvalue weighted by molar-refractivity contribution is 5.77. The van der Waals surface area contributed by atoms with Gasteiger partial charge < -0.3 is 13.3 Å². The summed E-state index contributed by atoms with van der Waals surface area (Å²) in [5, 5.41) is 0. The third-order valence-corrected chi connectivity index (χ3v) is 4.90. The zero-order valence-corrected chi connectivity index (χ0v) is 17.0. The summed E-state index contributed by atoms with van der Waals surface area (Å²) in [6, 6.07) is 3.43. The topological polar surface area (TPSA) is 155 Å². The lowest BCUT2D eigenvalue weighted by molar-refractivity contribution is 0.507. The minimum absolute atomic E-state index is 0.00693. The van der Waals surface area contributed by atoms with Gasteiger partial charge in [0.2, 0.25) is 17.5 Å². The van der Waals surface area contributed by atoms with Gasteiger partial charge in [0.05, 0.1) is 12.4 Å². The maximum absolute atomic E-state index is 13.7. The minimum Gasteiger partial charge on any atom is -0.433 e. The lowest BCUT2D eigenvalue weighted by Gasteiger charge is -2.00. The van der Waals surface area contributed by atoms with Crippen LogP contribution in [0.3, 0.4) is 0 Å². The van der Waals surface area contributed by atoms with Crippen LogP contribution in [-0.4, -0.2) is 44.9 Å². The summed E-state index contributed by atoms with van der Waals surface area (Å²) in [7, 11) is 0. The highest BCUT2D eigenvalue weighted by Gasteiger charge is 2.22. The molecule has 0 unspecified atom stereocenters.